The molecular weight excluding hydrogens is 188 g/mol. The SMILES string of the molecule is CC(C)[C@H](N)C(=O)OC[C@H](N)C(=O)O. The number of rotatable bonds is 5. The predicted molar refractivity (Wildman–Crippen MR) is 49.4 cm³/mol. The molecule has 6 heteroatoms. The topological polar surface area (TPSA) is 116 Å². The highest BCUT2D eigenvalue weighted by molar-refractivity contribution is 5.77. The first-order valence-corrected chi connectivity index (χ1v) is 4.26. The van der Waals surface area contributed by atoms with Gasteiger partial charge in [0.05, 0.1) is 0 Å². The lowest BCUT2D eigenvalue weighted by molar-refractivity contribution is -0.149. The van der Waals surface area contributed by atoms with Crippen molar-refractivity contribution >= 4 is 11.9 Å². The molecule has 0 fully saturated rings. The normalized spacial score (nSPS) is 14.9. The molecule has 5 N–H and O–H groups in total. The number of nitrogens with two attached hydrogens (primary N) is 2. The van der Waals surface area contributed by atoms with Gasteiger partial charge in [-0.1, -0.05) is 13.8 Å². The molecule has 0 heterocycles. The van der Waals surface area contributed by atoms with Gasteiger partial charge in [-0.15, -0.1) is 0 Å². The molecule has 0 aliphatic carbocycles. The van der Waals surface area contributed by atoms with Crippen LogP contribution in [0.2, 0.25) is 0 Å². The predicted octanol–water partition coefficient (Wildman–Crippen LogP) is -1.08. The lowest BCUT2D eigenvalue weighted by atomic mass is 10.1. The minimum Gasteiger partial charge on any atom is -0.480 e. The minimum atomic E-state index is -1.21. The first-order valence-electron chi connectivity index (χ1n) is 4.26. The molecule has 6 nitrogen and oxygen atoms in total. The second-order valence-electron chi connectivity index (χ2n) is 3.34. The van der Waals surface area contributed by atoms with E-state index < -0.39 is 24.0 Å². The van der Waals surface area contributed by atoms with Gasteiger partial charge in [0.1, 0.15) is 18.7 Å². The molecule has 2 atom stereocenters. The number of hydrogen-bond acceptors (Lipinski definition) is 5. The van der Waals surface area contributed by atoms with Gasteiger partial charge in [-0.3, -0.25) is 9.59 Å². The highest BCUT2D eigenvalue weighted by Crippen LogP contribution is 2.00. The summed E-state index contributed by atoms with van der Waals surface area (Å²) in [4.78, 5) is 21.4. The summed E-state index contributed by atoms with van der Waals surface area (Å²) in [6, 6.07) is -1.94. The molecule has 0 saturated carbocycles. The molecular formula is C8H16N2O4. The average Bonchev–Trinajstić information content (AvgIpc) is 2.11. The van der Waals surface area contributed by atoms with E-state index >= 15 is 0 Å². The fraction of sp³-hybridized carbons (Fsp3) is 0.750. The Kier molecular flexibility index (Phi) is 5.11. The summed E-state index contributed by atoms with van der Waals surface area (Å²) in [6.07, 6.45) is 0. The second kappa shape index (κ2) is 5.56. The van der Waals surface area contributed by atoms with Gasteiger partial charge in [-0.05, 0) is 5.92 Å². The van der Waals surface area contributed by atoms with Crippen LogP contribution in [0, 0.1) is 5.92 Å². The molecule has 0 aromatic heterocycles. The molecule has 14 heavy (non-hydrogen) atoms. The van der Waals surface area contributed by atoms with Crippen LogP contribution < -0.4 is 11.5 Å². The Morgan fingerprint density at radius 1 is 1.36 bits per heavy atom. The Morgan fingerprint density at radius 2 is 1.86 bits per heavy atom. The van der Waals surface area contributed by atoms with Crippen molar-refractivity contribution in [1.29, 1.82) is 0 Å². The van der Waals surface area contributed by atoms with E-state index in [4.69, 9.17) is 16.6 Å². The van der Waals surface area contributed by atoms with Gasteiger partial charge in [0.25, 0.3) is 0 Å². The Labute approximate surface area is 82.2 Å². The zero-order valence-electron chi connectivity index (χ0n) is 8.27. The van der Waals surface area contributed by atoms with Crippen LogP contribution >= 0.6 is 0 Å². The summed E-state index contributed by atoms with van der Waals surface area (Å²) >= 11 is 0. The van der Waals surface area contributed by atoms with Crippen LogP contribution in [0.25, 0.3) is 0 Å². The van der Waals surface area contributed by atoms with E-state index in [9.17, 15) is 9.59 Å². The Bertz CT molecular complexity index is 217. The lowest BCUT2D eigenvalue weighted by Gasteiger charge is -2.15. The fourth-order valence-corrected chi connectivity index (χ4v) is 0.612. The molecule has 82 valence electrons. The van der Waals surface area contributed by atoms with Gasteiger partial charge < -0.3 is 21.3 Å². The van der Waals surface area contributed by atoms with Crippen molar-refractivity contribution < 1.29 is 19.4 Å². The summed E-state index contributed by atoms with van der Waals surface area (Å²) in [7, 11) is 0. The first-order chi connectivity index (χ1) is 6.36. The van der Waals surface area contributed by atoms with E-state index in [0.717, 1.165) is 0 Å². The van der Waals surface area contributed by atoms with E-state index in [-0.39, 0.29) is 12.5 Å². The standard InChI is InChI=1S/C8H16N2O4/c1-4(2)6(10)8(13)14-3-5(9)7(11)12/h4-6H,3,9-10H2,1-2H3,(H,11,12)/t5-,6-/m0/s1. The smallest absolute Gasteiger partial charge is 0.324 e. The van der Waals surface area contributed by atoms with Crippen LogP contribution in [0.15, 0.2) is 0 Å². The third-order valence-corrected chi connectivity index (χ3v) is 1.71. The number of carbonyl (C=O) groups is 2. The number of carboxylic acids is 1. The van der Waals surface area contributed by atoms with Crippen LogP contribution in [0.5, 0.6) is 0 Å². The Hall–Kier alpha value is -1.14. The summed E-state index contributed by atoms with van der Waals surface area (Å²) < 4.78 is 4.62. The molecule has 0 unspecified atom stereocenters. The van der Waals surface area contributed by atoms with Gasteiger partial charge in [0.15, 0.2) is 0 Å². The molecule has 0 aromatic carbocycles. The molecule has 0 spiro atoms. The summed E-state index contributed by atoms with van der Waals surface area (Å²) in [5, 5.41) is 8.40. The quantitative estimate of drug-likeness (QED) is 0.491. The highest BCUT2D eigenvalue weighted by atomic mass is 16.5. The molecule has 0 aliphatic rings. The number of carbonyl (C=O) groups excluding carboxylic acids is 1. The van der Waals surface area contributed by atoms with E-state index in [1.807, 2.05) is 0 Å². The van der Waals surface area contributed by atoms with Gasteiger partial charge in [0.2, 0.25) is 0 Å². The van der Waals surface area contributed by atoms with E-state index in [1.54, 1.807) is 13.8 Å². The Morgan fingerprint density at radius 3 is 2.21 bits per heavy atom. The average molecular weight is 204 g/mol. The van der Waals surface area contributed by atoms with E-state index in [1.165, 1.54) is 0 Å². The van der Waals surface area contributed by atoms with Crippen molar-refractivity contribution in [2.45, 2.75) is 25.9 Å². The van der Waals surface area contributed by atoms with E-state index in [2.05, 4.69) is 4.74 Å². The molecule has 0 saturated heterocycles. The van der Waals surface area contributed by atoms with Crippen molar-refractivity contribution in [2.75, 3.05) is 6.61 Å². The Balaban J connectivity index is 3.91. The van der Waals surface area contributed by atoms with Gasteiger partial charge in [-0.25, -0.2) is 0 Å². The maximum Gasteiger partial charge on any atom is 0.324 e. The fourth-order valence-electron chi connectivity index (χ4n) is 0.612. The summed E-state index contributed by atoms with van der Waals surface area (Å²) in [5.74, 6) is -1.89. The number of aliphatic carboxylic acids is 1. The van der Waals surface area contributed by atoms with Crippen LogP contribution in [-0.2, 0) is 14.3 Å². The maximum atomic E-state index is 11.1. The zero-order valence-corrected chi connectivity index (χ0v) is 8.27. The molecule has 0 aliphatic heterocycles. The number of carboxylic acid groups (broad SMARTS) is 1. The van der Waals surface area contributed by atoms with Gasteiger partial charge in [-0.2, -0.15) is 0 Å². The number of ether oxygens (including phenoxy) is 1. The minimum absolute atomic E-state index is 0.0523. The first kappa shape index (κ1) is 12.9. The number of esters is 1. The van der Waals surface area contributed by atoms with Crippen LogP contribution in [0.4, 0.5) is 0 Å². The van der Waals surface area contributed by atoms with Crippen molar-refractivity contribution in [2.24, 2.45) is 17.4 Å². The summed E-state index contributed by atoms with van der Waals surface area (Å²) in [5.41, 5.74) is 10.6. The molecule has 0 amide bonds. The molecule has 0 rings (SSSR count). The monoisotopic (exact) mass is 204 g/mol. The zero-order chi connectivity index (χ0) is 11.3. The third-order valence-electron chi connectivity index (χ3n) is 1.71. The van der Waals surface area contributed by atoms with Crippen LogP contribution in [0.3, 0.4) is 0 Å². The largest absolute Gasteiger partial charge is 0.480 e. The van der Waals surface area contributed by atoms with Crippen molar-refractivity contribution in [1.82, 2.24) is 0 Å². The highest BCUT2D eigenvalue weighted by Gasteiger charge is 2.21. The van der Waals surface area contributed by atoms with Crippen molar-refractivity contribution in [3.05, 3.63) is 0 Å². The molecule has 0 bridgehead atoms. The van der Waals surface area contributed by atoms with Crippen LogP contribution in [0.1, 0.15) is 13.8 Å². The third kappa shape index (κ3) is 4.20. The summed E-state index contributed by atoms with van der Waals surface area (Å²) in [6.45, 7) is 3.18. The van der Waals surface area contributed by atoms with Gasteiger partial charge >= 0.3 is 11.9 Å². The molecule has 0 aromatic rings. The second-order valence-corrected chi connectivity index (χ2v) is 3.34. The van der Waals surface area contributed by atoms with Crippen molar-refractivity contribution in [3.63, 3.8) is 0 Å². The van der Waals surface area contributed by atoms with Gasteiger partial charge in [0, 0.05) is 0 Å². The van der Waals surface area contributed by atoms with E-state index in [0.29, 0.717) is 0 Å². The molecule has 0 radical (unpaired) electrons. The van der Waals surface area contributed by atoms with Crippen LogP contribution in [-0.4, -0.2) is 35.7 Å². The van der Waals surface area contributed by atoms with Crippen molar-refractivity contribution in [3.8, 4) is 0 Å². The lowest BCUT2D eigenvalue weighted by Crippen LogP contribution is -2.41. The number of hydrogen-bond donors (Lipinski definition) is 3. The maximum absolute atomic E-state index is 11.1.